The minimum atomic E-state index is 0. The summed E-state index contributed by atoms with van der Waals surface area (Å²) >= 11 is 0. The number of hydrogen-bond acceptors (Lipinski definition) is 1. The second-order valence-corrected chi connectivity index (χ2v) is 3.02. The molecular formula is C10H25NO. The van der Waals surface area contributed by atoms with Crippen LogP contribution in [0.4, 0.5) is 0 Å². The maximum Gasteiger partial charge on any atom is 0.216 e. The number of hydrogen-bond donors (Lipinski definition) is 1. The minimum Gasteiger partial charge on any atom is -0.356 e. The quantitative estimate of drug-likeness (QED) is 0.654. The van der Waals surface area contributed by atoms with E-state index in [1.807, 2.05) is 13.8 Å². The first kappa shape index (κ1) is 14.0. The SMILES string of the molecule is CC.CC(=O)NCCCC(C)C.[HH]. The van der Waals surface area contributed by atoms with E-state index in [9.17, 15) is 4.79 Å². The van der Waals surface area contributed by atoms with Crippen LogP contribution in [0.1, 0.15) is 48.9 Å². The zero-order valence-electron chi connectivity index (χ0n) is 9.11. The van der Waals surface area contributed by atoms with E-state index in [2.05, 4.69) is 19.2 Å². The standard InChI is InChI=1S/C8H17NO.C2H6.H2/c1-7(2)5-4-6-9-8(3)10;1-2;/h7H,4-6H2,1-3H3,(H,9,10);1-2H3;1H. The molecule has 0 radical (unpaired) electrons. The lowest BCUT2D eigenvalue weighted by Crippen LogP contribution is -2.21. The predicted molar refractivity (Wildman–Crippen MR) is 56.2 cm³/mol. The maximum absolute atomic E-state index is 10.4. The highest BCUT2D eigenvalue weighted by atomic mass is 16.1. The Morgan fingerprint density at radius 3 is 2.25 bits per heavy atom. The summed E-state index contributed by atoms with van der Waals surface area (Å²) in [6.45, 7) is 10.8. The van der Waals surface area contributed by atoms with E-state index in [4.69, 9.17) is 0 Å². The van der Waals surface area contributed by atoms with Crippen LogP contribution in [0, 0.1) is 5.92 Å². The maximum atomic E-state index is 10.4. The molecule has 0 bridgehead atoms. The van der Waals surface area contributed by atoms with Crippen molar-refractivity contribution >= 4 is 5.91 Å². The molecule has 0 aliphatic carbocycles. The van der Waals surface area contributed by atoms with Gasteiger partial charge < -0.3 is 5.32 Å². The molecule has 0 spiro atoms. The third kappa shape index (κ3) is 16.2. The summed E-state index contributed by atoms with van der Waals surface area (Å²) in [5.74, 6) is 0.817. The minimum absolute atomic E-state index is 0. The third-order valence-corrected chi connectivity index (χ3v) is 1.33. The van der Waals surface area contributed by atoms with Gasteiger partial charge in [0.1, 0.15) is 0 Å². The van der Waals surface area contributed by atoms with Crippen molar-refractivity contribution in [2.45, 2.75) is 47.5 Å². The monoisotopic (exact) mass is 175 g/mol. The van der Waals surface area contributed by atoms with E-state index in [0.717, 1.165) is 18.9 Å². The molecule has 0 rings (SSSR count). The summed E-state index contributed by atoms with van der Waals surface area (Å²) in [6, 6.07) is 0. The van der Waals surface area contributed by atoms with Crippen LogP contribution in [0.2, 0.25) is 0 Å². The molecule has 0 unspecified atom stereocenters. The molecule has 76 valence electrons. The highest BCUT2D eigenvalue weighted by molar-refractivity contribution is 5.72. The zero-order chi connectivity index (χ0) is 9.98. The van der Waals surface area contributed by atoms with E-state index >= 15 is 0 Å². The van der Waals surface area contributed by atoms with Crippen LogP contribution in [0.3, 0.4) is 0 Å². The van der Waals surface area contributed by atoms with Gasteiger partial charge >= 0.3 is 0 Å². The van der Waals surface area contributed by atoms with Crippen molar-refractivity contribution < 1.29 is 6.22 Å². The van der Waals surface area contributed by atoms with Crippen molar-refractivity contribution in [1.29, 1.82) is 0 Å². The predicted octanol–water partition coefficient (Wildman–Crippen LogP) is 2.83. The van der Waals surface area contributed by atoms with Gasteiger partial charge in [-0.1, -0.05) is 27.7 Å². The van der Waals surface area contributed by atoms with E-state index in [-0.39, 0.29) is 7.33 Å². The molecule has 0 atom stereocenters. The Morgan fingerprint density at radius 2 is 1.92 bits per heavy atom. The fourth-order valence-electron chi connectivity index (χ4n) is 0.775. The van der Waals surface area contributed by atoms with Crippen molar-refractivity contribution in [2.24, 2.45) is 5.92 Å². The van der Waals surface area contributed by atoms with Gasteiger partial charge in [0.25, 0.3) is 0 Å². The fraction of sp³-hybridized carbons (Fsp3) is 0.900. The second-order valence-electron chi connectivity index (χ2n) is 3.02. The van der Waals surface area contributed by atoms with Crippen LogP contribution >= 0.6 is 0 Å². The topological polar surface area (TPSA) is 29.1 Å². The van der Waals surface area contributed by atoms with Gasteiger partial charge in [-0.3, -0.25) is 4.79 Å². The first-order chi connectivity index (χ1) is 5.63. The van der Waals surface area contributed by atoms with Crippen molar-refractivity contribution in [2.75, 3.05) is 6.54 Å². The van der Waals surface area contributed by atoms with Crippen LogP contribution in [0.25, 0.3) is 0 Å². The summed E-state index contributed by atoms with van der Waals surface area (Å²) in [5, 5.41) is 2.76. The first-order valence-corrected chi connectivity index (χ1v) is 4.87. The Labute approximate surface area is 78.2 Å². The average molecular weight is 175 g/mol. The number of carbonyl (C=O) groups excluding carboxylic acids is 1. The van der Waals surface area contributed by atoms with Gasteiger partial charge in [0.05, 0.1) is 0 Å². The normalized spacial score (nSPS) is 8.83. The van der Waals surface area contributed by atoms with Crippen molar-refractivity contribution in [3.63, 3.8) is 0 Å². The Kier molecular flexibility index (Phi) is 12.2. The van der Waals surface area contributed by atoms with Gasteiger partial charge in [0.2, 0.25) is 5.91 Å². The molecule has 0 aliphatic rings. The number of amides is 1. The molecule has 0 aliphatic heterocycles. The number of carbonyl (C=O) groups is 1. The lowest BCUT2D eigenvalue weighted by Gasteiger charge is -2.03. The van der Waals surface area contributed by atoms with Crippen molar-refractivity contribution in [1.82, 2.24) is 5.32 Å². The highest BCUT2D eigenvalue weighted by Crippen LogP contribution is 2.01. The summed E-state index contributed by atoms with van der Waals surface area (Å²) in [6.07, 6.45) is 2.29. The first-order valence-electron chi connectivity index (χ1n) is 4.87. The third-order valence-electron chi connectivity index (χ3n) is 1.33. The van der Waals surface area contributed by atoms with Gasteiger partial charge in [-0.15, -0.1) is 0 Å². The van der Waals surface area contributed by atoms with E-state index in [1.165, 1.54) is 6.42 Å². The molecular weight excluding hydrogens is 150 g/mol. The average Bonchev–Trinajstić information content (AvgIpc) is 2.02. The summed E-state index contributed by atoms with van der Waals surface area (Å²) in [4.78, 5) is 10.4. The Bertz CT molecular complexity index is 105. The molecule has 0 saturated heterocycles. The molecule has 0 aromatic rings. The molecule has 0 aromatic heterocycles. The summed E-state index contributed by atoms with van der Waals surface area (Å²) in [7, 11) is 0. The van der Waals surface area contributed by atoms with Crippen LogP contribution in [-0.2, 0) is 4.79 Å². The number of nitrogens with one attached hydrogen (secondary N) is 1. The smallest absolute Gasteiger partial charge is 0.216 e. The van der Waals surface area contributed by atoms with Crippen LogP contribution < -0.4 is 5.32 Å². The molecule has 0 heterocycles. The second kappa shape index (κ2) is 10.5. The summed E-state index contributed by atoms with van der Waals surface area (Å²) < 4.78 is 0. The van der Waals surface area contributed by atoms with Gasteiger partial charge in [0.15, 0.2) is 0 Å². The molecule has 0 fully saturated rings. The highest BCUT2D eigenvalue weighted by Gasteiger charge is 1.93. The van der Waals surface area contributed by atoms with Crippen LogP contribution in [0.15, 0.2) is 0 Å². The van der Waals surface area contributed by atoms with Crippen LogP contribution in [-0.4, -0.2) is 12.5 Å². The lowest BCUT2D eigenvalue weighted by molar-refractivity contribution is -0.118. The van der Waals surface area contributed by atoms with Gasteiger partial charge in [-0.05, 0) is 18.8 Å². The van der Waals surface area contributed by atoms with Gasteiger partial charge in [-0.25, -0.2) is 0 Å². The zero-order valence-corrected chi connectivity index (χ0v) is 9.11. The van der Waals surface area contributed by atoms with Crippen molar-refractivity contribution in [3.05, 3.63) is 0 Å². The molecule has 1 N–H and O–H groups in total. The van der Waals surface area contributed by atoms with E-state index < -0.39 is 0 Å². The molecule has 0 aromatic carbocycles. The molecule has 1 amide bonds. The molecule has 2 nitrogen and oxygen atoms in total. The fourth-order valence-corrected chi connectivity index (χ4v) is 0.775. The Hall–Kier alpha value is -0.530. The molecule has 12 heavy (non-hydrogen) atoms. The Morgan fingerprint density at radius 1 is 1.42 bits per heavy atom. The Balaban J connectivity index is -0.000000309. The molecule has 2 heteroatoms. The van der Waals surface area contributed by atoms with Gasteiger partial charge in [0, 0.05) is 14.9 Å². The largest absolute Gasteiger partial charge is 0.356 e. The lowest BCUT2D eigenvalue weighted by atomic mass is 10.1. The summed E-state index contributed by atoms with van der Waals surface area (Å²) in [5.41, 5.74) is 0. The van der Waals surface area contributed by atoms with E-state index in [1.54, 1.807) is 6.92 Å². The van der Waals surface area contributed by atoms with Crippen molar-refractivity contribution in [3.8, 4) is 0 Å². The number of rotatable bonds is 4. The van der Waals surface area contributed by atoms with Gasteiger partial charge in [-0.2, -0.15) is 0 Å². The van der Waals surface area contributed by atoms with E-state index in [0.29, 0.717) is 0 Å². The molecule has 0 saturated carbocycles. The van der Waals surface area contributed by atoms with Crippen LogP contribution in [0.5, 0.6) is 0 Å².